The molecule has 0 aromatic rings. The summed E-state index contributed by atoms with van der Waals surface area (Å²) in [6.07, 6.45) is 6.06. The highest BCUT2D eigenvalue weighted by atomic mass is 32.2. The molecule has 0 radical (unpaired) electrons. The average Bonchev–Trinajstić information content (AvgIpc) is 2.42. The summed E-state index contributed by atoms with van der Waals surface area (Å²) < 4.78 is 16.4. The van der Waals surface area contributed by atoms with Crippen LogP contribution in [0.1, 0.15) is 45.4 Å². The van der Waals surface area contributed by atoms with Crippen LogP contribution in [0.3, 0.4) is 0 Å². The molecule has 2 aliphatic rings. The molecule has 1 saturated heterocycles. The highest BCUT2D eigenvalue weighted by Crippen LogP contribution is 2.26. The third-order valence-corrected chi connectivity index (χ3v) is 5.59. The van der Waals surface area contributed by atoms with Crippen molar-refractivity contribution >= 4 is 16.8 Å². The van der Waals surface area contributed by atoms with Crippen molar-refractivity contribution in [3.05, 3.63) is 0 Å². The molecule has 1 heterocycles. The number of esters is 1. The molecule has 1 N–H and O–H groups in total. The van der Waals surface area contributed by atoms with Gasteiger partial charge >= 0.3 is 5.97 Å². The molecule has 1 aliphatic heterocycles. The molecule has 0 aromatic carbocycles. The van der Waals surface area contributed by atoms with E-state index in [-0.39, 0.29) is 11.9 Å². The Labute approximate surface area is 118 Å². The van der Waals surface area contributed by atoms with Gasteiger partial charge in [-0.25, -0.2) is 0 Å². The molecule has 0 atom stereocenters. The van der Waals surface area contributed by atoms with E-state index in [1.807, 2.05) is 6.92 Å². The van der Waals surface area contributed by atoms with Crippen LogP contribution < -0.4 is 5.32 Å². The van der Waals surface area contributed by atoms with Crippen molar-refractivity contribution in [1.82, 2.24) is 5.32 Å². The fraction of sp³-hybridized carbons (Fsp3) is 0.929. The first kappa shape index (κ1) is 15.0. The van der Waals surface area contributed by atoms with Crippen LogP contribution in [-0.4, -0.2) is 40.4 Å². The van der Waals surface area contributed by atoms with Gasteiger partial charge in [-0.2, -0.15) is 0 Å². The molecule has 1 saturated carbocycles. The average molecular weight is 287 g/mol. The number of carbonyl (C=O) groups excluding carboxylic acids is 1. The lowest BCUT2D eigenvalue weighted by atomic mass is 9.85. The van der Waals surface area contributed by atoms with Crippen LogP contribution in [0.15, 0.2) is 0 Å². The molecule has 2 rings (SSSR count). The van der Waals surface area contributed by atoms with Crippen LogP contribution >= 0.6 is 0 Å². The maximum absolute atomic E-state index is 11.7. The lowest BCUT2D eigenvalue weighted by Gasteiger charge is -2.32. The number of rotatable bonds is 4. The van der Waals surface area contributed by atoms with E-state index in [1.54, 1.807) is 0 Å². The molecule has 19 heavy (non-hydrogen) atoms. The summed E-state index contributed by atoms with van der Waals surface area (Å²) in [7, 11) is -0.583. The first-order valence-corrected chi connectivity index (χ1v) is 8.95. The molecule has 2 fully saturated rings. The Bertz CT molecular complexity index is 317. The van der Waals surface area contributed by atoms with E-state index in [1.165, 1.54) is 0 Å². The van der Waals surface area contributed by atoms with Gasteiger partial charge in [0.15, 0.2) is 0 Å². The Kier molecular flexibility index (Phi) is 5.82. The second-order valence-corrected chi connectivity index (χ2v) is 7.29. The van der Waals surface area contributed by atoms with Gasteiger partial charge in [-0.3, -0.25) is 9.00 Å². The van der Waals surface area contributed by atoms with Crippen LogP contribution in [-0.2, 0) is 20.3 Å². The molecular formula is C14H25NO3S. The topological polar surface area (TPSA) is 55.4 Å². The van der Waals surface area contributed by atoms with Crippen molar-refractivity contribution in [3.8, 4) is 0 Å². The summed E-state index contributed by atoms with van der Waals surface area (Å²) >= 11 is 0. The largest absolute Gasteiger partial charge is 0.466 e. The summed E-state index contributed by atoms with van der Waals surface area (Å²) in [5.74, 6) is 1.77. The van der Waals surface area contributed by atoms with E-state index < -0.39 is 10.8 Å². The second kappa shape index (κ2) is 7.39. The fourth-order valence-electron chi connectivity index (χ4n) is 3.05. The summed E-state index contributed by atoms with van der Waals surface area (Å²) in [4.78, 5) is 11.7. The quantitative estimate of drug-likeness (QED) is 0.798. The molecule has 4 nitrogen and oxygen atoms in total. The predicted octanol–water partition coefficient (Wildman–Crippen LogP) is 1.61. The lowest BCUT2D eigenvalue weighted by molar-refractivity contribution is -0.149. The number of carbonyl (C=O) groups is 1. The standard InChI is InChI=1S/C14H25NO3S/c1-2-18-14(16)11-3-5-12(6-4-11)15-13-7-9-19(17)10-8-13/h11-13,15H,2-10H2,1H3. The zero-order valence-corrected chi connectivity index (χ0v) is 12.5. The van der Waals surface area contributed by atoms with Gasteiger partial charge in [0.05, 0.1) is 12.5 Å². The third-order valence-electron chi connectivity index (χ3n) is 4.21. The van der Waals surface area contributed by atoms with Gasteiger partial charge in [0, 0.05) is 34.4 Å². The molecule has 0 unspecified atom stereocenters. The SMILES string of the molecule is CCOC(=O)C1CCC(NC2CCS(=O)CC2)CC1. The molecule has 110 valence electrons. The first-order valence-electron chi connectivity index (χ1n) is 7.46. The Hall–Kier alpha value is -0.420. The minimum absolute atomic E-state index is 0.0194. The monoisotopic (exact) mass is 287 g/mol. The van der Waals surface area contributed by atoms with Crippen molar-refractivity contribution in [2.24, 2.45) is 5.92 Å². The molecule has 0 amide bonds. The van der Waals surface area contributed by atoms with Crippen LogP contribution in [0.2, 0.25) is 0 Å². The van der Waals surface area contributed by atoms with Crippen LogP contribution in [0.25, 0.3) is 0 Å². The molecule has 0 bridgehead atoms. The first-order chi connectivity index (χ1) is 9.19. The zero-order chi connectivity index (χ0) is 13.7. The number of nitrogens with one attached hydrogen (secondary N) is 1. The maximum Gasteiger partial charge on any atom is 0.308 e. The fourth-order valence-corrected chi connectivity index (χ4v) is 4.35. The van der Waals surface area contributed by atoms with Crippen LogP contribution in [0.5, 0.6) is 0 Å². The van der Waals surface area contributed by atoms with E-state index in [4.69, 9.17) is 4.74 Å². The summed E-state index contributed by atoms with van der Waals surface area (Å²) in [6.45, 7) is 2.34. The van der Waals surface area contributed by atoms with E-state index in [0.717, 1.165) is 50.0 Å². The van der Waals surface area contributed by atoms with Crippen molar-refractivity contribution in [1.29, 1.82) is 0 Å². The number of ether oxygens (including phenoxy) is 1. The molecule has 5 heteroatoms. The minimum Gasteiger partial charge on any atom is -0.466 e. The Morgan fingerprint density at radius 1 is 1.11 bits per heavy atom. The Morgan fingerprint density at radius 2 is 1.68 bits per heavy atom. The second-order valence-electron chi connectivity index (χ2n) is 5.59. The molecule has 0 spiro atoms. The van der Waals surface area contributed by atoms with Gasteiger partial charge in [0.1, 0.15) is 0 Å². The van der Waals surface area contributed by atoms with E-state index in [0.29, 0.717) is 18.7 Å². The highest BCUT2D eigenvalue weighted by Gasteiger charge is 2.29. The smallest absolute Gasteiger partial charge is 0.308 e. The van der Waals surface area contributed by atoms with E-state index in [9.17, 15) is 9.00 Å². The van der Waals surface area contributed by atoms with Crippen molar-refractivity contribution in [2.45, 2.75) is 57.5 Å². The summed E-state index contributed by atoms with van der Waals surface area (Å²) in [5, 5.41) is 3.68. The van der Waals surface area contributed by atoms with Crippen LogP contribution in [0, 0.1) is 5.92 Å². The van der Waals surface area contributed by atoms with Gasteiger partial charge in [-0.15, -0.1) is 0 Å². The van der Waals surface area contributed by atoms with Crippen molar-refractivity contribution < 1.29 is 13.7 Å². The van der Waals surface area contributed by atoms with Gasteiger partial charge in [0.25, 0.3) is 0 Å². The number of hydrogen-bond donors (Lipinski definition) is 1. The molecular weight excluding hydrogens is 262 g/mol. The highest BCUT2D eigenvalue weighted by molar-refractivity contribution is 7.85. The molecule has 0 aromatic heterocycles. The van der Waals surface area contributed by atoms with Gasteiger partial charge in [-0.05, 0) is 45.4 Å². The third kappa shape index (κ3) is 4.56. The van der Waals surface area contributed by atoms with Gasteiger partial charge in [0.2, 0.25) is 0 Å². The van der Waals surface area contributed by atoms with Gasteiger partial charge in [-0.1, -0.05) is 0 Å². The van der Waals surface area contributed by atoms with Crippen molar-refractivity contribution in [2.75, 3.05) is 18.1 Å². The summed E-state index contributed by atoms with van der Waals surface area (Å²) in [5.41, 5.74) is 0. The van der Waals surface area contributed by atoms with Crippen LogP contribution in [0.4, 0.5) is 0 Å². The predicted molar refractivity (Wildman–Crippen MR) is 76.4 cm³/mol. The normalized spacial score (nSPS) is 35.8. The Balaban J connectivity index is 1.68. The minimum atomic E-state index is -0.583. The van der Waals surface area contributed by atoms with E-state index >= 15 is 0 Å². The lowest BCUT2D eigenvalue weighted by Crippen LogP contribution is -2.44. The zero-order valence-electron chi connectivity index (χ0n) is 11.7. The van der Waals surface area contributed by atoms with E-state index in [2.05, 4.69) is 5.32 Å². The van der Waals surface area contributed by atoms with Crippen molar-refractivity contribution in [3.63, 3.8) is 0 Å². The summed E-state index contributed by atoms with van der Waals surface area (Å²) in [6, 6.07) is 1.06. The Morgan fingerprint density at radius 3 is 2.26 bits per heavy atom. The number of hydrogen-bond acceptors (Lipinski definition) is 4. The molecule has 1 aliphatic carbocycles. The maximum atomic E-state index is 11.7. The van der Waals surface area contributed by atoms with Gasteiger partial charge < -0.3 is 10.1 Å².